The Hall–Kier alpha value is -4.59. The van der Waals surface area contributed by atoms with Crippen LogP contribution in [0.5, 0.6) is 11.5 Å². The summed E-state index contributed by atoms with van der Waals surface area (Å²) in [5.41, 5.74) is 9.12. The minimum atomic E-state index is -0.234. The Labute approximate surface area is 250 Å². The maximum Gasteiger partial charge on any atom is 0.258 e. The zero-order valence-electron chi connectivity index (χ0n) is 24.5. The fourth-order valence-electron chi connectivity index (χ4n) is 4.18. The molecular formula is C30H38N8O5. The number of hydrogen-bond acceptors (Lipinski definition) is 11. The number of hydrogen-bond donors (Lipinski definition) is 3. The number of benzene rings is 2. The van der Waals surface area contributed by atoms with Crippen molar-refractivity contribution in [3.63, 3.8) is 0 Å². The summed E-state index contributed by atoms with van der Waals surface area (Å²) in [6, 6.07) is 15.5. The van der Waals surface area contributed by atoms with Gasteiger partial charge in [0.1, 0.15) is 23.5 Å². The van der Waals surface area contributed by atoms with E-state index in [1.54, 1.807) is 25.4 Å². The molecule has 0 atom stereocenters. The van der Waals surface area contributed by atoms with Gasteiger partial charge in [0, 0.05) is 44.5 Å². The summed E-state index contributed by atoms with van der Waals surface area (Å²) in [4.78, 5) is 20.3. The molecule has 2 aromatic heterocycles. The highest BCUT2D eigenvalue weighted by Gasteiger charge is 2.12. The summed E-state index contributed by atoms with van der Waals surface area (Å²) in [5, 5.41) is 14.8. The second-order valence-corrected chi connectivity index (χ2v) is 9.45. The van der Waals surface area contributed by atoms with Gasteiger partial charge in [0.2, 0.25) is 0 Å². The van der Waals surface area contributed by atoms with Gasteiger partial charge >= 0.3 is 0 Å². The lowest BCUT2D eigenvalue weighted by atomic mass is 10.0. The van der Waals surface area contributed by atoms with Gasteiger partial charge < -0.3 is 39.9 Å². The Kier molecular flexibility index (Phi) is 12.2. The van der Waals surface area contributed by atoms with Gasteiger partial charge in [-0.3, -0.25) is 4.79 Å². The molecule has 4 aromatic rings. The molecule has 0 aliphatic rings. The van der Waals surface area contributed by atoms with Gasteiger partial charge in [-0.2, -0.15) is 0 Å². The van der Waals surface area contributed by atoms with Crippen LogP contribution in [0.25, 0.3) is 11.5 Å². The summed E-state index contributed by atoms with van der Waals surface area (Å²) in [6.07, 6.45) is 3.82. The van der Waals surface area contributed by atoms with E-state index in [2.05, 4.69) is 42.9 Å². The molecule has 228 valence electrons. The van der Waals surface area contributed by atoms with Crippen molar-refractivity contribution in [1.82, 2.24) is 30.0 Å². The molecule has 4 rings (SSSR count). The van der Waals surface area contributed by atoms with E-state index < -0.39 is 0 Å². The number of aromatic nitrogens is 5. The smallest absolute Gasteiger partial charge is 0.258 e. The van der Waals surface area contributed by atoms with Crippen LogP contribution in [0, 0.1) is 0 Å². The average molecular weight is 591 g/mol. The fraction of sp³-hybridized carbons (Fsp3) is 0.367. The van der Waals surface area contributed by atoms with E-state index in [1.165, 1.54) is 6.33 Å². The van der Waals surface area contributed by atoms with Gasteiger partial charge in [-0.1, -0.05) is 18.2 Å². The number of rotatable bonds is 18. The van der Waals surface area contributed by atoms with Gasteiger partial charge in [0.05, 0.1) is 40.1 Å². The molecule has 0 saturated heterocycles. The highest BCUT2D eigenvalue weighted by molar-refractivity contribution is 5.77. The number of nitrogens with zero attached hydrogens (tertiary/aromatic N) is 5. The number of methoxy groups -OCH3 is 1. The van der Waals surface area contributed by atoms with Gasteiger partial charge in [-0.15, -0.1) is 10.2 Å². The standard InChI is InChI=1S/C30H38N8O5/c1-38-28(36-37-30(38)26-8-10-32-21-35-26)19-34-24-5-3-4-22(17-24)16-23-6-7-25(18-27(23)40-2)43-20-29(39)33-11-13-42-15-14-41-12-9-31/h3-8,10,17-18,21,34H,9,11-16,19-20,31H2,1-2H3,(H,33,39). The zero-order valence-corrected chi connectivity index (χ0v) is 24.5. The topological polar surface area (TPSA) is 161 Å². The highest BCUT2D eigenvalue weighted by atomic mass is 16.5. The van der Waals surface area contributed by atoms with Crippen molar-refractivity contribution >= 4 is 11.6 Å². The van der Waals surface area contributed by atoms with Gasteiger partial charge in [-0.25, -0.2) is 9.97 Å². The van der Waals surface area contributed by atoms with Crippen molar-refractivity contribution in [2.45, 2.75) is 13.0 Å². The van der Waals surface area contributed by atoms with Crippen molar-refractivity contribution in [2.75, 3.05) is 58.6 Å². The lowest BCUT2D eigenvalue weighted by molar-refractivity contribution is -0.123. The maximum absolute atomic E-state index is 12.1. The molecule has 0 saturated carbocycles. The Morgan fingerprint density at radius 1 is 1.02 bits per heavy atom. The Morgan fingerprint density at radius 3 is 2.67 bits per heavy atom. The second kappa shape index (κ2) is 16.8. The lowest BCUT2D eigenvalue weighted by Gasteiger charge is -2.13. The molecule has 13 nitrogen and oxygen atoms in total. The largest absolute Gasteiger partial charge is 0.496 e. The molecule has 2 aromatic carbocycles. The summed E-state index contributed by atoms with van der Waals surface area (Å²) in [6.45, 7) is 3.09. The number of nitrogens with two attached hydrogens (primary N) is 1. The van der Waals surface area contributed by atoms with Crippen LogP contribution in [0.15, 0.2) is 61.1 Å². The first-order valence-corrected chi connectivity index (χ1v) is 14.0. The summed E-state index contributed by atoms with van der Waals surface area (Å²) in [7, 11) is 3.53. The third kappa shape index (κ3) is 9.74. The molecule has 0 aliphatic heterocycles. The van der Waals surface area contributed by atoms with E-state index in [0.717, 1.165) is 22.6 Å². The lowest BCUT2D eigenvalue weighted by Crippen LogP contribution is -2.31. The van der Waals surface area contributed by atoms with Gasteiger partial charge in [-0.05, 0) is 35.4 Å². The van der Waals surface area contributed by atoms with Crippen LogP contribution in [-0.4, -0.2) is 83.9 Å². The first-order valence-electron chi connectivity index (χ1n) is 14.0. The average Bonchev–Trinajstić information content (AvgIpc) is 3.41. The molecule has 1 amide bonds. The number of nitrogens with one attached hydrogen (secondary N) is 2. The zero-order chi connectivity index (χ0) is 30.3. The minimum Gasteiger partial charge on any atom is -0.496 e. The number of carbonyl (C=O) groups excluding carboxylic acids is 1. The van der Waals surface area contributed by atoms with Gasteiger partial charge in [0.15, 0.2) is 18.3 Å². The summed E-state index contributed by atoms with van der Waals surface area (Å²) in [5.74, 6) is 2.45. The number of amides is 1. The maximum atomic E-state index is 12.1. The number of carbonyl (C=O) groups is 1. The van der Waals surface area contributed by atoms with Crippen molar-refractivity contribution in [3.05, 3.63) is 78.0 Å². The van der Waals surface area contributed by atoms with Crippen LogP contribution in [0.1, 0.15) is 17.0 Å². The van der Waals surface area contributed by atoms with Crippen LogP contribution < -0.4 is 25.8 Å². The Morgan fingerprint density at radius 2 is 1.88 bits per heavy atom. The van der Waals surface area contributed by atoms with Crippen LogP contribution >= 0.6 is 0 Å². The van der Waals surface area contributed by atoms with E-state index in [4.69, 9.17) is 24.7 Å². The first-order chi connectivity index (χ1) is 21.1. The third-order valence-corrected chi connectivity index (χ3v) is 6.38. The number of ether oxygens (including phenoxy) is 4. The molecule has 4 N–H and O–H groups in total. The quantitative estimate of drug-likeness (QED) is 0.145. The fourth-order valence-corrected chi connectivity index (χ4v) is 4.18. The number of anilines is 1. The van der Waals surface area contributed by atoms with Crippen molar-refractivity contribution in [2.24, 2.45) is 12.8 Å². The predicted molar refractivity (Wildman–Crippen MR) is 161 cm³/mol. The van der Waals surface area contributed by atoms with Gasteiger partial charge in [0.25, 0.3) is 5.91 Å². The van der Waals surface area contributed by atoms with E-state index in [-0.39, 0.29) is 12.5 Å². The third-order valence-electron chi connectivity index (χ3n) is 6.38. The Balaban J connectivity index is 1.25. The van der Waals surface area contributed by atoms with E-state index in [0.29, 0.717) is 75.5 Å². The summed E-state index contributed by atoms with van der Waals surface area (Å²) < 4.78 is 23.8. The van der Waals surface area contributed by atoms with E-state index >= 15 is 0 Å². The molecular weight excluding hydrogens is 552 g/mol. The monoisotopic (exact) mass is 590 g/mol. The molecule has 2 heterocycles. The predicted octanol–water partition coefficient (Wildman–Crippen LogP) is 1.97. The van der Waals surface area contributed by atoms with E-state index in [9.17, 15) is 4.79 Å². The van der Waals surface area contributed by atoms with Crippen molar-refractivity contribution in [1.29, 1.82) is 0 Å². The van der Waals surface area contributed by atoms with Crippen LogP contribution in [-0.2, 0) is 34.3 Å². The summed E-state index contributed by atoms with van der Waals surface area (Å²) >= 11 is 0. The molecule has 0 aliphatic carbocycles. The minimum absolute atomic E-state index is 0.109. The molecule has 43 heavy (non-hydrogen) atoms. The molecule has 0 unspecified atom stereocenters. The molecule has 0 radical (unpaired) electrons. The van der Waals surface area contributed by atoms with E-state index in [1.807, 2.05) is 35.9 Å². The molecule has 0 fully saturated rings. The second-order valence-electron chi connectivity index (χ2n) is 9.45. The molecule has 0 spiro atoms. The SMILES string of the molecule is COc1cc(OCC(=O)NCCOCCOCCN)ccc1Cc1cccc(NCc2nnc(-c3ccncn3)n2C)c1. The first kappa shape index (κ1) is 31.3. The van der Waals surface area contributed by atoms with Crippen LogP contribution in [0.3, 0.4) is 0 Å². The van der Waals surface area contributed by atoms with Crippen LogP contribution in [0.4, 0.5) is 5.69 Å². The molecule has 13 heteroatoms. The highest BCUT2D eigenvalue weighted by Crippen LogP contribution is 2.27. The molecule has 0 bridgehead atoms. The van der Waals surface area contributed by atoms with Crippen LogP contribution in [0.2, 0.25) is 0 Å². The Bertz CT molecular complexity index is 1430. The van der Waals surface area contributed by atoms with Crippen molar-refractivity contribution in [3.8, 4) is 23.0 Å². The van der Waals surface area contributed by atoms with Crippen molar-refractivity contribution < 1.29 is 23.7 Å². The normalized spacial score (nSPS) is 10.9.